The van der Waals surface area contributed by atoms with E-state index in [1.807, 2.05) is 13.8 Å². The fourth-order valence-electron chi connectivity index (χ4n) is 3.25. The third-order valence-corrected chi connectivity index (χ3v) is 4.88. The van der Waals surface area contributed by atoms with Gasteiger partial charge in [0.15, 0.2) is 0 Å². The van der Waals surface area contributed by atoms with E-state index in [4.69, 9.17) is 9.47 Å². The molecule has 2 rings (SSSR count). The molecule has 0 bridgehead atoms. The molecular formula is C26H48O2. The predicted molar refractivity (Wildman–Crippen MR) is 124 cm³/mol. The number of benzene rings is 1. The first-order chi connectivity index (χ1) is 13.5. The maximum absolute atomic E-state index is 6.08. The van der Waals surface area contributed by atoms with E-state index in [9.17, 15) is 0 Å². The average molecular weight is 393 g/mol. The Morgan fingerprint density at radius 2 is 1.43 bits per heavy atom. The van der Waals surface area contributed by atoms with E-state index in [-0.39, 0.29) is 6.29 Å². The van der Waals surface area contributed by atoms with Gasteiger partial charge in [0.25, 0.3) is 0 Å². The van der Waals surface area contributed by atoms with Crippen molar-refractivity contribution < 1.29 is 9.47 Å². The highest BCUT2D eigenvalue weighted by atomic mass is 16.7. The molecule has 1 atom stereocenters. The van der Waals surface area contributed by atoms with Crippen LogP contribution in [-0.2, 0) is 4.74 Å². The highest BCUT2D eigenvalue weighted by Gasteiger charge is 2.18. The number of ether oxygens (including phenoxy) is 2. The highest BCUT2D eigenvalue weighted by molar-refractivity contribution is 5.28. The molecule has 0 N–H and O–H groups in total. The second kappa shape index (κ2) is 16.9. The molecule has 28 heavy (non-hydrogen) atoms. The second-order valence-electron chi connectivity index (χ2n) is 8.32. The molecule has 0 spiro atoms. The molecule has 0 saturated heterocycles. The number of hydrogen-bond acceptors (Lipinski definition) is 2. The third kappa shape index (κ3) is 11.7. The summed E-state index contributed by atoms with van der Waals surface area (Å²) in [5.41, 5.74) is 1.34. The van der Waals surface area contributed by atoms with E-state index in [2.05, 4.69) is 65.8 Å². The molecule has 1 aliphatic carbocycles. The van der Waals surface area contributed by atoms with E-state index in [1.54, 1.807) is 0 Å². The molecule has 2 nitrogen and oxygen atoms in total. The minimum Gasteiger partial charge on any atom is -0.465 e. The molecule has 1 aliphatic rings. The fourth-order valence-corrected chi connectivity index (χ4v) is 3.25. The molecule has 1 aromatic carbocycles. The van der Waals surface area contributed by atoms with Crippen LogP contribution in [0.25, 0.3) is 0 Å². The van der Waals surface area contributed by atoms with Crippen LogP contribution in [0.2, 0.25) is 0 Å². The van der Waals surface area contributed by atoms with Crippen molar-refractivity contribution in [2.45, 2.75) is 113 Å². The Labute approximate surface area is 176 Å². The Bertz CT molecular complexity index is 444. The summed E-state index contributed by atoms with van der Waals surface area (Å²) in [7, 11) is 0. The minimum atomic E-state index is -0.150. The molecule has 0 amide bonds. The molecule has 0 heterocycles. The van der Waals surface area contributed by atoms with Crippen molar-refractivity contribution in [1.29, 1.82) is 0 Å². The first-order valence-corrected chi connectivity index (χ1v) is 11.9. The molecule has 2 heteroatoms. The Morgan fingerprint density at radius 1 is 0.893 bits per heavy atom. The average Bonchev–Trinajstić information content (AvgIpc) is 2.70. The van der Waals surface area contributed by atoms with Crippen molar-refractivity contribution >= 4 is 0 Å². The van der Waals surface area contributed by atoms with Gasteiger partial charge in [0.2, 0.25) is 6.29 Å². The van der Waals surface area contributed by atoms with Crippen LogP contribution in [0.1, 0.15) is 112 Å². The van der Waals surface area contributed by atoms with Gasteiger partial charge < -0.3 is 9.47 Å². The Balaban J connectivity index is 0.00000133. The predicted octanol–water partition coefficient (Wildman–Crippen LogP) is 8.60. The van der Waals surface area contributed by atoms with Crippen LogP contribution in [0.15, 0.2) is 24.3 Å². The van der Waals surface area contributed by atoms with Crippen LogP contribution < -0.4 is 4.74 Å². The van der Waals surface area contributed by atoms with Gasteiger partial charge in [-0.2, -0.15) is 0 Å². The molecule has 0 aromatic heterocycles. The molecule has 1 aromatic rings. The van der Waals surface area contributed by atoms with Crippen molar-refractivity contribution in [2.75, 3.05) is 6.61 Å². The lowest BCUT2D eigenvalue weighted by Gasteiger charge is -2.25. The van der Waals surface area contributed by atoms with Gasteiger partial charge in [-0.3, -0.25) is 0 Å². The summed E-state index contributed by atoms with van der Waals surface area (Å²) in [4.78, 5) is 0. The third-order valence-electron chi connectivity index (χ3n) is 4.88. The van der Waals surface area contributed by atoms with E-state index >= 15 is 0 Å². The summed E-state index contributed by atoms with van der Waals surface area (Å²) in [6.07, 6.45) is 9.26. The Morgan fingerprint density at radius 3 is 1.89 bits per heavy atom. The maximum atomic E-state index is 6.08. The first-order valence-electron chi connectivity index (χ1n) is 11.9. The van der Waals surface area contributed by atoms with Gasteiger partial charge in [-0.25, -0.2) is 0 Å². The van der Waals surface area contributed by atoms with E-state index < -0.39 is 0 Å². The smallest absolute Gasteiger partial charge is 0.202 e. The summed E-state index contributed by atoms with van der Waals surface area (Å²) in [6.45, 7) is 17.8. The van der Waals surface area contributed by atoms with E-state index in [0.717, 1.165) is 18.3 Å². The van der Waals surface area contributed by atoms with Gasteiger partial charge in [-0.05, 0) is 36.0 Å². The number of hydrogen-bond donors (Lipinski definition) is 0. The van der Waals surface area contributed by atoms with Crippen molar-refractivity contribution in [1.82, 2.24) is 0 Å². The van der Waals surface area contributed by atoms with Crippen LogP contribution >= 0.6 is 0 Å². The fraction of sp³-hybridized carbons (Fsp3) is 0.769. The van der Waals surface area contributed by atoms with Gasteiger partial charge in [0.1, 0.15) is 5.75 Å². The van der Waals surface area contributed by atoms with Crippen LogP contribution in [0.5, 0.6) is 5.75 Å². The Hall–Kier alpha value is -1.02. The van der Waals surface area contributed by atoms with Gasteiger partial charge in [-0.1, -0.05) is 106 Å². The van der Waals surface area contributed by atoms with Gasteiger partial charge in [0.05, 0.1) is 6.61 Å². The normalized spacial score (nSPS) is 15.4. The van der Waals surface area contributed by atoms with E-state index in [1.165, 1.54) is 50.5 Å². The van der Waals surface area contributed by atoms with Crippen LogP contribution in [0, 0.1) is 11.8 Å². The topological polar surface area (TPSA) is 18.5 Å². The molecule has 1 fully saturated rings. The summed E-state index contributed by atoms with van der Waals surface area (Å²) in [5.74, 6) is 2.68. The van der Waals surface area contributed by atoms with Crippen molar-refractivity contribution in [3.63, 3.8) is 0 Å². The summed E-state index contributed by atoms with van der Waals surface area (Å²) in [6, 6.07) is 8.43. The zero-order chi connectivity index (χ0) is 21.4. The largest absolute Gasteiger partial charge is 0.465 e. The van der Waals surface area contributed by atoms with Crippen molar-refractivity contribution in [3.8, 4) is 5.75 Å². The SMILES string of the molecule is CC.CC(C)c1ccc(OC(OCCC2CCCCC2)C(C)C)cc1.CCC. The highest BCUT2D eigenvalue weighted by Crippen LogP contribution is 2.27. The molecule has 1 unspecified atom stereocenters. The lowest BCUT2D eigenvalue weighted by Crippen LogP contribution is -2.27. The van der Waals surface area contributed by atoms with Crippen molar-refractivity contribution in [2.24, 2.45) is 11.8 Å². The molecule has 164 valence electrons. The molecule has 0 aliphatic heterocycles. The lowest BCUT2D eigenvalue weighted by molar-refractivity contribution is -0.111. The first kappa shape index (κ1) is 27.0. The maximum Gasteiger partial charge on any atom is 0.202 e. The molecule has 0 radical (unpaired) electrons. The summed E-state index contributed by atoms with van der Waals surface area (Å²) in [5, 5.41) is 0. The van der Waals surface area contributed by atoms with Gasteiger partial charge in [0, 0.05) is 5.92 Å². The van der Waals surface area contributed by atoms with Crippen molar-refractivity contribution in [3.05, 3.63) is 29.8 Å². The number of rotatable bonds is 8. The lowest BCUT2D eigenvalue weighted by atomic mass is 9.87. The van der Waals surface area contributed by atoms with Gasteiger partial charge in [-0.15, -0.1) is 0 Å². The summed E-state index contributed by atoms with van der Waals surface area (Å²) < 4.78 is 12.1. The zero-order valence-electron chi connectivity index (χ0n) is 20.1. The van der Waals surface area contributed by atoms with Crippen LogP contribution in [-0.4, -0.2) is 12.9 Å². The second-order valence-corrected chi connectivity index (χ2v) is 8.32. The quantitative estimate of drug-likeness (QED) is 0.412. The van der Waals surface area contributed by atoms with Crippen LogP contribution in [0.4, 0.5) is 0 Å². The summed E-state index contributed by atoms with van der Waals surface area (Å²) >= 11 is 0. The minimum absolute atomic E-state index is 0.150. The monoisotopic (exact) mass is 392 g/mol. The zero-order valence-corrected chi connectivity index (χ0v) is 20.1. The molecule has 1 saturated carbocycles. The van der Waals surface area contributed by atoms with Gasteiger partial charge >= 0.3 is 0 Å². The standard InChI is InChI=1S/C21H34O2.C3H8.C2H6/c1-16(2)19-10-12-20(13-11-19)23-21(17(3)4)22-15-14-18-8-6-5-7-9-18;1-3-2;1-2/h10-13,16-18,21H,5-9,14-15H2,1-4H3;3H2,1-2H3;1-2H3. The van der Waals surface area contributed by atoms with Crippen LogP contribution in [0.3, 0.4) is 0 Å². The molecular weight excluding hydrogens is 344 g/mol. The van der Waals surface area contributed by atoms with E-state index in [0.29, 0.717) is 11.8 Å². The Kier molecular flexibility index (Phi) is 16.3.